The van der Waals surface area contributed by atoms with Gasteiger partial charge in [-0.2, -0.15) is 0 Å². The Balaban J connectivity index is 2.12. The number of rotatable bonds is 15. The van der Waals surface area contributed by atoms with E-state index < -0.39 is 6.04 Å². The number of hydrogen-bond acceptors (Lipinski definition) is 4. The van der Waals surface area contributed by atoms with Gasteiger partial charge in [-0.05, 0) is 55.9 Å². The van der Waals surface area contributed by atoms with Gasteiger partial charge in [0.05, 0.1) is 6.04 Å². The molecule has 0 saturated heterocycles. The van der Waals surface area contributed by atoms with E-state index in [0.717, 1.165) is 18.4 Å². The zero-order valence-corrected chi connectivity index (χ0v) is 23.0. The number of nitrogens with one attached hydrogen (secondary N) is 3. The van der Waals surface area contributed by atoms with E-state index in [-0.39, 0.29) is 23.8 Å². The Kier molecular flexibility index (Phi) is 12.8. The lowest BCUT2D eigenvalue weighted by atomic mass is 10.0. The summed E-state index contributed by atoms with van der Waals surface area (Å²) in [6.45, 7) is 12.5. The molecular weight excluding hydrogens is 464 g/mol. The first kappa shape index (κ1) is 30.0. The number of benzene rings is 2. The summed E-state index contributed by atoms with van der Waals surface area (Å²) in [6.07, 6.45) is 2.38. The zero-order valence-electron chi connectivity index (χ0n) is 23.0. The van der Waals surface area contributed by atoms with Gasteiger partial charge in [0.15, 0.2) is 0 Å². The Bertz CT molecular complexity index is 987. The highest BCUT2D eigenvalue weighted by atomic mass is 16.2. The molecule has 3 amide bonds. The van der Waals surface area contributed by atoms with Crippen LogP contribution in [0.1, 0.15) is 73.7 Å². The number of carbonyl (C=O) groups is 3. The Morgan fingerprint density at radius 3 is 2.11 bits per heavy atom. The molecule has 0 heterocycles. The Morgan fingerprint density at radius 1 is 0.838 bits per heavy atom. The fourth-order valence-electron chi connectivity index (χ4n) is 4.04. The second kappa shape index (κ2) is 15.8. The van der Waals surface area contributed by atoms with Gasteiger partial charge in [-0.15, -0.1) is 0 Å². The molecule has 7 nitrogen and oxygen atoms in total. The van der Waals surface area contributed by atoms with Gasteiger partial charge in [0.1, 0.15) is 0 Å². The van der Waals surface area contributed by atoms with Crippen LogP contribution >= 0.6 is 0 Å². The second-order valence-corrected chi connectivity index (χ2v) is 10.0. The Morgan fingerprint density at radius 2 is 1.49 bits per heavy atom. The smallest absolute Gasteiger partial charge is 0.253 e. The van der Waals surface area contributed by atoms with Crippen LogP contribution in [-0.2, 0) is 11.2 Å². The third-order valence-corrected chi connectivity index (χ3v) is 6.05. The van der Waals surface area contributed by atoms with Crippen molar-refractivity contribution in [3.8, 4) is 0 Å². The molecule has 0 aliphatic carbocycles. The lowest BCUT2D eigenvalue weighted by Crippen LogP contribution is -2.50. The summed E-state index contributed by atoms with van der Waals surface area (Å²) in [7, 11) is 0. The molecule has 0 saturated carbocycles. The normalized spacial score (nSPS) is 12.6. The Labute approximate surface area is 222 Å². The summed E-state index contributed by atoms with van der Waals surface area (Å²) in [5.74, 6) is 0.0160. The van der Waals surface area contributed by atoms with Crippen molar-refractivity contribution in [1.29, 1.82) is 0 Å². The first-order valence-corrected chi connectivity index (χ1v) is 13.5. The molecule has 37 heavy (non-hydrogen) atoms. The van der Waals surface area contributed by atoms with Crippen molar-refractivity contribution in [3.63, 3.8) is 0 Å². The minimum Gasteiger partial charge on any atom is -0.354 e. The van der Waals surface area contributed by atoms with E-state index >= 15 is 0 Å². The quantitative estimate of drug-likeness (QED) is 0.339. The SMILES string of the molecule is CCCN(CCC)C(=O)c1cccc(C(=O)NC(CNC(C)C(=O)NCC(C)C)Cc2ccccc2)c1. The molecule has 0 aromatic heterocycles. The summed E-state index contributed by atoms with van der Waals surface area (Å²) >= 11 is 0. The van der Waals surface area contributed by atoms with E-state index in [9.17, 15) is 14.4 Å². The van der Waals surface area contributed by atoms with Crippen LogP contribution in [-0.4, -0.2) is 60.9 Å². The molecule has 7 heteroatoms. The predicted octanol–water partition coefficient (Wildman–Crippen LogP) is 4.04. The van der Waals surface area contributed by atoms with Crippen molar-refractivity contribution in [3.05, 3.63) is 71.3 Å². The molecule has 2 rings (SSSR count). The van der Waals surface area contributed by atoms with Gasteiger partial charge in [-0.1, -0.05) is 64.1 Å². The van der Waals surface area contributed by atoms with Crippen molar-refractivity contribution in [2.24, 2.45) is 5.92 Å². The average Bonchev–Trinajstić information content (AvgIpc) is 2.90. The summed E-state index contributed by atoms with van der Waals surface area (Å²) in [5.41, 5.74) is 2.05. The first-order valence-electron chi connectivity index (χ1n) is 13.5. The van der Waals surface area contributed by atoms with Gasteiger partial charge in [-0.3, -0.25) is 14.4 Å². The highest BCUT2D eigenvalue weighted by Gasteiger charge is 2.20. The number of nitrogens with zero attached hydrogens (tertiary/aromatic N) is 1. The topological polar surface area (TPSA) is 90.5 Å². The third-order valence-electron chi connectivity index (χ3n) is 6.05. The van der Waals surface area contributed by atoms with Gasteiger partial charge >= 0.3 is 0 Å². The van der Waals surface area contributed by atoms with Crippen LogP contribution in [0.4, 0.5) is 0 Å². The van der Waals surface area contributed by atoms with E-state index in [4.69, 9.17) is 0 Å². The van der Waals surface area contributed by atoms with Crippen LogP contribution in [0.3, 0.4) is 0 Å². The molecule has 0 fully saturated rings. The van der Waals surface area contributed by atoms with Gasteiger partial charge in [0.25, 0.3) is 11.8 Å². The molecule has 3 N–H and O–H groups in total. The number of hydrogen-bond donors (Lipinski definition) is 3. The molecule has 0 radical (unpaired) electrons. The molecule has 2 atom stereocenters. The predicted molar refractivity (Wildman–Crippen MR) is 150 cm³/mol. The van der Waals surface area contributed by atoms with Crippen LogP contribution in [0.25, 0.3) is 0 Å². The van der Waals surface area contributed by atoms with Crippen molar-refractivity contribution < 1.29 is 14.4 Å². The number of amides is 3. The van der Waals surface area contributed by atoms with E-state index in [1.165, 1.54) is 0 Å². The standard InChI is InChI=1S/C30H44N4O3/c1-6-16-34(17-7-2)30(37)26-15-11-14-25(19-26)29(36)33-27(18-24-12-9-8-10-13-24)21-31-23(5)28(35)32-20-22(3)4/h8-15,19,22-23,27,31H,6-7,16-18,20-21H2,1-5H3,(H,32,35)(H,33,36). The van der Waals surface area contributed by atoms with Gasteiger partial charge in [-0.25, -0.2) is 0 Å². The highest BCUT2D eigenvalue weighted by molar-refractivity contribution is 5.99. The minimum atomic E-state index is -0.391. The molecule has 0 bridgehead atoms. The summed E-state index contributed by atoms with van der Waals surface area (Å²) in [4.78, 5) is 40.6. The highest BCUT2D eigenvalue weighted by Crippen LogP contribution is 2.11. The average molecular weight is 509 g/mol. The van der Waals surface area contributed by atoms with E-state index in [0.29, 0.717) is 49.6 Å². The van der Waals surface area contributed by atoms with E-state index in [1.54, 1.807) is 24.3 Å². The van der Waals surface area contributed by atoms with Gasteiger partial charge < -0.3 is 20.9 Å². The van der Waals surface area contributed by atoms with Crippen molar-refractivity contribution in [2.75, 3.05) is 26.2 Å². The van der Waals surface area contributed by atoms with Crippen molar-refractivity contribution >= 4 is 17.7 Å². The van der Waals surface area contributed by atoms with Gasteiger partial charge in [0, 0.05) is 43.3 Å². The maximum atomic E-state index is 13.3. The second-order valence-electron chi connectivity index (χ2n) is 10.0. The number of carbonyl (C=O) groups excluding carboxylic acids is 3. The molecule has 0 aliphatic rings. The summed E-state index contributed by atoms with van der Waals surface area (Å²) in [5, 5.41) is 9.32. The summed E-state index contributed by atoms with van der Waals surface area (Å²) < 4.78 is 0. The minimum absolute atomic E-state index is 0.0536. The Hall–Kier alpha value is -3.19. The molecule has 2 aromatic rings. The lowest BCUT2D eigenvalue weighted by molar-refractivity contribution is -0.122. The molecular formula is C30H44N4O3. The van der Waals surface area contributed by atoms with Crippen molar-refractivity contribution in [1.82, 2.24) is 20.9 Å². The maximum absolute atomic E-state index is 13.3. The van der Waals surface area contributed by atoms with Crippen molar-refractivity contribution in [2.45, 2.75) is 66.0 Å². The zero-order chi connectivity index (χ0) is 27.2. The molecule has 0 aliphatic heterocycles. The van der Waals surface area contributed by atoms with E-state index in [2.05, 4.69) is 43.6 Å². The van der Waals surface area contributed by atoms with Crippen LogP contribution in [0.5, 0.6) is 0 Å². The molecule has 2 unspecified atom stereocenters. The molecule has 202 valence electrons. The van der Waals surface area contributed by atoms with E-state index in [1.807, 2.05) is 42.2 Å². The fraction of sp³-hybridized carbons (Fsp3) is 0.500. The maximum Gasteiger partial charge on any atom is 0.253 e. The lowest BCUT2D eigenvalue weighted by Gasteiger charge is -2.23. The van der Waals surface area contributed by atoms with Crippen LogP contribution in [0.2, 0.25) is 0 Å². The monoisotopic (exact) mass is 508 g/mol. The summed E-state index contributed by atoms with van der Waals surface area (Å²) in [6, 6.07) is 16.2. The van der Waals surface area contributed by atoms with Crippen LogP contribution < -0.4 is 16.0 Å². The first-order chi connectivity index (χ1) is 17.7. The molecule has 2 aromatic carbocycles. The largest absolute Gasteiger partial charge is 0.354 e. The van der Waals surface area contributed by atoms with Crippen LogP contribution in [0.15, 0.2) is 54.6 Å². The third kappa shape index (κ3) is 10.4. The molecule has 0 spiro atoms. The van der Waals surface area contributed by atoms with Crippen LogP contribution in [0, 0.1) is 5.92 Å². The fourth-order valence-corrected chi connectivity index (χ4v) is 4.04. The van der Waals surface area contributed by atoms with Gasteiger partial charge in [0.2, 0.25) is 5.91 Å².